The standard InChI is InChI=1S/C32H36ClN3O5.CH2O2/c1-4-36-17-23(15-35-36)19-40-30-14-31(28(33)12-26(30)16-34-21(2)18-37)41-20-25-6-5-7-27(22(25)3)24-8-9-29-32(13-24)39-11-10-38-29;2-1-3/h5-9,12-15,17,21,34,37H,4,10-11,16,18-20H2,1-3H3;1H,(H,2,3). The van der Waals surface area contributed by atoms with Crippen LogP contribution in [0.3, 0.4) is 0 Å². The third-order valence-corrected chi connectivity index (χ3v) is 7.41. The molecule has 0 fully saturated rings. The number of hydrogen-bond acceptors (Lipinski definition) is 8. The molecule has 1 unspecified atom stereocenters. The first-order valence-electron chi connectivity index (χ1n) is 14.4. The minimum absolute atomic E-state index is 0.0337. The monoisotopic (exact) mass is 623 g/mol. The van der Waals surface area contributed by atoms with E-state index in [-0.39, 0.29) is 19.1 Å². The van der Waals surface area contributed by atoms with Gasteiger partial charge in [0.2, 0.25) is 0 Å². The predicted octanol–water partition coefficient (Wildman–Crippen LogP) is 5.63. The van der Waals surface area contributed by atoms with Gasteiger partial charge in [0.1, 0.15) is 37.9 Å². The molecule has 1 aromatic heterocycles. The Morgan fingerprint density at radius 3 is 2.55 bits per heavy atom. The van der Waals surface area contributed by atoms with Gasteiger partial charge in [0.15, 0.2) is 11.5 Å². The van der Waals surface area contributed by atoms with Crippen LogP contribution in [0.4, 0.5) is 0 Å². The minimum Gasteiger partial charge on any atom is -0.488 e. The summed E-state index contributed by atoms with van der Waals surface area (Å²) >= 11 is 6.69. The summed E-state index contributed by atoms with van der Waals surface area (Å²) in [7, 11) is 0. The second-order valence-electron chi connectivity index (χ2n) is 10.2. The number of nitrogens with zero attached hydrogens (tertiary/aromatic N) is 2. The van der Waals surface area contributed by atoms with Crippen LogP contribution in [-0.2, 0) is 31.1 Å². The predicted molar refractivity (Wildman–Crippen MR) is 168 cm³/mol. The lowest BCUT2D eigenvalue weighted by molar-refractivity contribution is -0.122. The van der Waals surface area contributed by atoms with Crippen LogP contribution in [0.15, 0.2) is 60.9 Å². The number of hydrogen-bond donors (Lipinski definition) is 3. The van der Waals surface area contributed by atoms with E-state index in [1.54, 1.807) is 6.20 Å². The van der Waals surface area contributed by atoms with Crippen LogP contribution >= 0.6 is 11.6 Å². The number of aliphatic hydroxyl groups is 1. The highest BCUT2D eigenvalue weighted by Gasteiger charge is 2.16. The van der Waals surface area contributed by atoms with Gasteiger partial charge in [-0.3, -0.25) is 9.48 Å². The summed E-state index contributed by atoms with van der Waals surface area (Å²) in [6, 6.07) is 15.8. The maximum atomic E-state index is 9.44. The van der Waals surface area contributed by atoms with Crippen molar-refractivity contribution in [3.05, 3.63) is 88.2 Å². The SMILES string of the molecule is CCn1cc(COc2cc(OCc3cccc(-c4ccc5c(c4)OCCO5)c3C)c(Cl)cc2CNC(C)CO)cn1.O=CO. The van der Waals surface area contributed by atoms with Gasteiger partial charge in [0, 0.05) is 42.5 Å². The van der Waals surface area contributed by atoms with Gasteiger partial charge in [0.25, 0.3) is 6.47 Å². The minimum atomic E-state index is -0.250. The third-order valence-electron chi connectivity index (χ3n) is 7.12. The number of aromatic nitrogens is 2. The number of aryl methyl sites for hydroxylation is 1. The van der Waals surface area contributed by atoms with E-state index in [0.717, 1.165) is 51.4 Å². The van der Waals surface area contributed by atoms with Crippen molar-refractivity contribution >= 4 is 18.1 Å². The molecule has 0 aliphatic carbocycles. The number of aliphatic hydroxyl groups excluding tert-OH is 1. The lowest BCUT2D eigenvalue weighted by Crippen LogP contribution is -2.28. The fraction of sp³-hybridized carbons (Fsp3) is 0.333. The van der Waals surface area contributed by atoms with Crippen LogP contribution in [0.5, 0.6) is 23.0 Å². The molecule has 0 amide bonds. The fourth-order valence-corrected chi connectivity index (χ4v) is 4.88. The Hall–Kier alpha value is -4.25. The maximum Gasteiger partial charge on any atom is 0.290 e. The molecule has 1 aliphatic rings. The Balaban J connectivity index is 0.00000141. The number of nitrogens with one attached hydrogen (secondary N) is 1. The highest BCUT2D eigenvalue weighted by molar-refractivity contribution is 6.32. The molecule has 10 nitrogen and oxygen atoms in total. The molecule has 44 heavy (non-hydrogen) atoms. The van der Waals surface area contributed by atoms with E-state index in [0.29, 0.717) is 49.5 Å². The summed E-state index contributed by atoms with van der Waals surface area (Å²) in [4.78, 5) is 8.36. The first-order valence-corrected chi connectivity index (χ1v) is 14.7. The summed E-state index contributed by atoms with van der Waals surface area (Å²) in [5.41, 5.74) is 6.17. The summed E-state index contributed by atoms with van der Waals surface area (Å²) in [6.45, 7) is 8.93. The van der Waals surface area contributed by atoms with Crippen molar-refractivity contribution in [3.63, 3.8) is 0 Å². The van der Waals surface area contributed by atoms with E-state index in [1.807, 2.05) is 55.1 Å². The normalized spacial score (nSPS) is 12.6. The zero-order valence-corrected chi connectivity index (χ0v) is 25.8. The average Bonchev–Trinajstić information content (AvgIpc) is 3.51. The molecule has 2 heterocycles. The molecular formula is C33H38ClN3O7. The molecule has 0 spiro atoms. The number of ether oxygens (including phenoxy) is 4. The molecule has 0 radical (unpaired) electrons. The summed E-state index contributed by atoms with van der Waals surface area (Å²) in [6.07, 6.45) is 3.77. The zero-order chi connectivity index (χ0) is 31.5. The Morgan fingerprint density at radius 1 is 1.07 bits per heavy atom. The lowest BCUT2D eigenvalue weighted by Gasteiger charge is -2.20. The van der Waals surface area contributed by atoms with Gasteiger partial charge in [-0.1, -0.05) is 35.9 Å². The van der Waals surface area contributed by atoms with Crippen LogP contribution in [0, 0.1) is 6.92 Å². The van der Waals surface area contributed by atoms with Crippen molar-refractivity contribution in [3.8, 4) is 34.1 Å². The molecule has 1 aliphatic heterocycles. The van der Waals surface area contributed by atoms with Crippen LogP contribution in [0.1, 0.15) is 36.1 Å². The number of rotatable bonds is 12. The molecule has 0 saturated carbocycles. The quantitative estimate of drug-likeness (QED) is 0.172. The third kappa shape index (κ3) is 8.43. The average molecular weight is 624 g/mol. The molecule has 3 aromatic carbocycles. The highest BCUT2D eigenvalue weighted by atomic mass is 35.5. The van der Waals surface area contributed by atoms with Crippen molar-refractivity contribution in [2.24, 2.45) is 0 Å². The van der Waals surface area contributed by atoms with Crippen LogP contribution < -0.4 is 24.3 Å². The Kier molecular flexibility index (Phi) is 11.9. The van der Waals surface area contributed by atoms with Crippen molar-refractivity contribution in [2.45, 2.75) is 53.1 Å². The fourth-order valence-electron chi connectivity index (χ4n) is 4.64. The van der Waals surface area contributed by atoms with Gasteiger partial charge in [0.05, 0.1) is 17.8 Å². The molecule has 5 rings (SSSR count). The number of carboxylic acid groups (broad SMARTS) is 1. The second-order valence-corrected chi connectivity index (χ2v) is 10.6. The molecule has 0 saturated heterocycles. The molecule has 0 bridgehead atoms. The molecule has 4 aromatic rings. The first-order chi connectivity index (χ1) is 21.4. The molecule has 1 atom stereocenters. The second kappa shape index (κ2) is 16.0. The first kappa shape index (κ1) is 32.7. The summed E-state index contributed by atoms with van der Waals surface area (Å²) in [5, 5.41) is 24.4. The van der Waals surface area contributed by atoms with Gasteiger partial charge in [-0.2, -0.15) is 5.10 Å². The van der Waals surface area contributed by atoms with Crippen molar-refractivity contribution in [1.29, 1.82) is 0 Å². The highest BCUT2D eigenvalue weighted by Crippen LogP contribution is 2.37. The molecule has 3 N–H and O–H groups in total. The number of benzene rings is 3. The Bertz CT molecular complexity index is 1540. The lowest BCUT2D eigenvalue weighted by atomic mass is 9.96. The number of halogens is 1. The smallest absolute Gasteiger partial charge is 0.290 e. The van der Waals surface area contributed by atoms with Gasteiger partial charge >= 0.3 is 0 Å². The van der Waals surface area contributed by atoms with E-state index < -0.39 is 0 Å². The van der Waals surface area contributed by atoms with E-state index in [2.05, 4.69) is 35.5 Å². The van der Waals surface area contributed by atoms with E-state index in [9.17, 15) is 5.11 Å². The Morgan fingerprint density at radius 2 is 1.82 bits per heavy atom. The topological polar surface area (TPSA) is 124 Å². The Labute approximate surface area is 262 Å². The van der Waals surface area contributed by atoms with Crippen LogP contribution in [0.2, 0.25) is 5.02 Å². The van der Waals surface area contributed by atoms with Crippen molar-refractivity contribution in [2.75, 3.05) is 19.8 Å². The van der Waals surface area contributed by atoms with E-state index in [4.69, 9.17) is 40.4 Å². The van der Waals surface area contributed by atoms with Crippen LogP contribution in [0.25, 0.3) is 11.1 Å². The summed E-state index contributed by atoms with van der Waals surface area (Å²) < 4.78 is 25.8. The van der Waals surface area contributed by atoms with Crippen LogP contribution in [-0.4, -0.2) is 52.3 Å². The van der Waals surface area contributed by atoms with Crippen molar-refractivity contribution in [1.82, 2.24) is 15.1 Å². The largest absolute Gasteiger partial charge is 0.488 e. The summed E-state index contributed by atoms with van der Waals surface area (Å²) in [5.74, 6) is 2.73. The number of fused-ring (bicyclic) bond motifs is 1. The zero-order valence-electron chi connectivity index (χ0n) is 25.1. The van der Waals surface area contributed by atoms with Gasteiger partial charge in [-0.15, -0.1) is 0 Å². The van der Waals surface area contributed by atoms with Gasteiger partial charge in [-0.25, -0.2) is 0 Å². The van der Waals surface area contributed by atoms with E-state index >= 15 is 0 Å². The van der Waals surface area contributed by atoms with Crippen molar-refractivity contribution < 1.29 is 34.0 Å². The molecule has 11 heteroatoms. The van der Waals surface area contributed by atoms with Gasteiger partial charge in [-0.05, 0) is 61.2 Å². The molecular weight excluding hydrogens is 586 g/mol. The van der Waals surface area contributed by atoms with E-state index in [1.165, 1.54) is 0 Å². The number of carbonyl (C=O) groups is 1. The molecule has 234 valence electrons. The van der Waals surface area contributed by atoms with Gasteiger partial charge < -0.3 is 34.5 Å². The maximum absolute atomic E-state index is 9.44.